The van der Waals surface area contributed by atoms with E-state index >= 15 is 0 Å². The Morgan fingerprint density at radius 2 is 1.72 bits per heavy atom. The number of carbonyl (C=O) groups is 2. The molecule has 0 bridgehead atoms. The average molecular weight is 397 g/mol. The molecule has 4 rings (SSSR count). The molecule has 0 saturated carbocycles. The van der Waals surface area contributed by atoms with Gasteiger partial charge in [-0.25, -0.2) is 0 Å². The van der Waals surface area contributed by atoms with Crippen LogP contribution in [-0.4, -0.2) is 25.9 Å². The van der Waals surface area contributed by atoms with Crippen LogP contribution < -0.4 is 14.4 Å². The highest BCUT2D eigenvalue weighted by atomic mass is 19.3. The zero-order valence-corrected chi connectivity index (χ0v) is 15.5. The number of fused-ring (bicyclic) bond motifs is 2. The van der Waals surface area contributed by atoms with Crippen LogP contribution in [0.15, 0.2) is 48.5 Å². The van der Waals surface area contributed by atoms with E-state index in [1.165, 1.54) is 12.0 Å². The molecule has 29 heavy (non-hydrogen) atoms. The minimum atomic E-state index is -3.03. The zero-order chi connectivity index (χ0) is 20.5. The lowest BCUT2D eigenvalue weighted by Crippen LogP contribution is -2.23. The SMILES string of the molecule is COc1c2c(c(OC(F)F)c3ccccc13)CN(c1ccc(CC=O)cc1)C2=O. The van der Waals surface area contributed by atoms with Crippen LogP contribution in [0.1, 0.15) is 21.5 Å². The number of amides is 1. The second kappa shape index (κ2) is 7.50. The Morgan fingerprint density at radius 3 is 2.31 bits per heavy atom. The van der Waals surface area contributed by atoms with Crippen LogP contribution in [0.4, 0.5) is 14.5 Å². The molecule has 0 radical (unpaired) electrons. The summed E-state index contributed by atoms with van der Waals surface area (Å²) in [6, 6.07) is 13.8. The minimum absolute atomic E-state index is 0.0141. The van der Waals surface area contributed by atoms with Gasteiger partial charge in [0.05, 0.1) is 19.2 Å². The van der Waals surface area contributed by atoms with E-state index < -0.39 is 6.61 Å². The van der Waals surface area contributed by atoms with Crippen molar-refractivity contribution >= 4 is 28.7 Å². The summed E-state index contributed by atoms with van der Waals surface area (Å²) in [5.74, 6) is -0.0352. The fourth-order valence-electron chi connectivity index (χ4n) is 3.72. The van der Waals surface area contributed by atoms with Crippen molar-refractivity contribution in [1.29, 1.82) is 0 Å². The van der Waals surface area contributed by atoms with E-state index in [1.54, 1.807) is 48.5 Å². The molecule has 0 fully saturated rings. The van der Waals surface area contributed by atoms with Crippen molar-refractivity contribution in [3.05, 3.63) is 65.2 Å². The van der Waals surface area contributed by atoms with Crippen molar-refractivity contribution in [3.8, 4) is 11.5 Å². The monoisotopic (exact) mass is 397 g/mol. The summed E-state index contributed by atoms with van der Waals surface area (Å²) in [7, 11) is 1.44. The fourth-order valence-corrected chi connectivity index (χ4v) is 3.72. The van der Waals surface area contributed by atoms with E-state index in [2.05, 4.69) is 0 Å². The predicted octanol–water partition coefficient (Wildman–Crippen LogP) is 4.35. The first-order valence-corrected chi connectivity index (χ1v) is 8.96. The largest absolute Gasteiger partial charge is 0.495 e. The number of carbonyl (C=O) groups excluding carboxylic acids is 2. The zero-order valence-electron chi connectivity index (χ0n) is 15.5. The van der Waals surface area contributed by atoms with Crippen molar-refractivity contribution in [2.75, 3.05) is 12.0 Å². The highest BCUT2D eigenvalue weighted by Crippen LogP contribution is 2.46. The van der Waals surface area contributed by atoms with E-state index in [1.807, 2.05) is 0 Å². The lowest BCUT2D eigenvalue weighted by atomic mass is 9.99. The first-order valence-electron chi connectivity index (χ1n) is 8.96. The van der Waals surface area contributed by atoms with Crippen LogP contribution in [0.25, 0.3) is 10.8 Å². The van der Waals surface area contributed by atoms with Crippen molar-refractivity contribution in [2.24, 2.45) is 0 Å². The normalized spacial score (nSPS) is 13.1. The maximum Gasteiger partial charge on any atom is 0.387 e. The molecule has 0 aromatic heterocycles. The number of methoxy groups -OCH3 is 1. The molecular formula is C22H17F2NO4. The number of ether oxygens (including phenoxy) is 2. The van der Waals surface area contributed by atoms with Gasteiger partial charge < -0.3 is 19.2 Å². The molecule has 5 nitrogen and oxygen atoms in total. The van der Waals surface area contributed by atoms with E-state index in [0.717, 1.165) is 11.8 Å². The standard InChI is InChI=1S/C22H17F2NO4/c1-28-20-16-5-3-2-4-15(16)19(29-22(23)24)17-12-25(21(27)18(17)20)14-8-6-13(7-9-14)10-11-26/h2-9,11,22H,10,12H2,1H3. The van der Waals surface area contributed by atoms with Crippen LogP contribution in [-0.2, 0) is 17.8 Å². The van der Waals surface area contributed by atoms with Gasteiger partial charge >= 0.3 is 6.61 Å². The Bertz CT molecular complexity index is 1100. The molecule has 0 saturated heterocycles. The number of benzene rings is 3. The maximum absolute atomic E-state index is 13.2. The number of halogens is 2. The van der Waals surface area contributed by atoms with Gasteiger partial charge in [-0.05, 0) is 17.7 Å². The molecule has 1 heterocycles. The Hall–Kier alpha value is -3.48. The van der Waals surface area contributed by atoms with Crippen molar-refractivity contribution in [1.82, 2.24) is 0 Å². The minimum Gasteiger partial charge on any atom is -0.495 e. The predicted molar refractivity (Wildman–Crippen MR) is 104 cm³/mol. The second-order valence-corrected chi connectivity index (χ2v) is 6.57. The molecular weight excluding hydrogens is 380 g/mol. The molecule has 148 valence electrons. The number of anilines is 1. The van der Waals surface area contributed by atoms with Crippen LogP contribution in [0.2, 0.25) is 0 Å². The Labute approximate surface area is 165 Å². The van der Waals surface area contributed by atoms with Gasteiger partial charge in [-0.3, -0.25) is 4.79 Å². The number of nitrogens with zero attached hydrogens (tertiary/aromatic N) is 1. The number of rotatable bonds is 6. The van der Waals surface area contributed by atoms with Crippen LogP contribution >= 0.6 is 0 Å². The van der Waals surface area contributed by atoms with Gasteiger partial charge in [0.15, 0.2) is 0 Å². The summed E-state index contributed by atoms with van der Waals surface area (Å²) >= 11 is 0. The Kier molecular flexibility index (Phi) is 4.88. The van der Waals surface area contributed by atoms with E-state index in [4.69, 9.17) is 9.47 Å². The summed E-state index contributed by atoms with van der Waals surface area (Å²) in [6.07, 6.45) is 1.08. The van der Waals surface area contributed by atoms with Gasteiger partial charge in [0, 0.05) is 28.4 Å². The van der Waals surface area contributed by atoms with Crippen molar-refractivity contribution < 1.29 is 27.8 Å². The number of hydrogen-bond acceptors (Lipinski definition) is 4. The summed E-state index contributed by atoms with van der Waals surface area (Å²) in [5.41, 5.74) is 1.99. The second-order valence-electron chi connectivity index (χ2n) is 6.57. The van der Waals surface area contributed by atoms with Gasteiger partial charge in [-0.1, -0.05) is 36.4 Å². The lowest BCUT2D eigenvalue weighted by molar-refractivity contribution is -0.107. The fraction of sp³-hybridized carbons (Fsp3) is 0.182. The van der Waals surface area contributed by atoms with Crippen LogP contribution in [0.3, 0.4) is 0 Å². The van der Waals surface area contributed by atoms with Crippen molar-refractivity contribution in [2.45, 2.75) is 19.6 Å². The molecule has 1 aliphatic heterocycles. The molecule has 0 atom stereocenters. The highest BCUT2D eigenvalue weighted by molar-refractivity contribution is 6.16. The Balaban J connectivity index is 1.87. The molecule has 0 spiro atoms. The van der Waals surface area contributed by atoms with E-state index in [9.17, 15) is 18.4 Å². The Morgan fingerprint density at radius 1 is 1.07 bits per heavy atom. The lowest BCUT2D eigenvalue weighted by Gasteiger charge is -2.16. The molecule has 1 amide bonds. The van der Waals surface area contributed by atoms with E-state index in [0.29, 0.717) is 27.8 Å². The molecule has 1 aliphatic rings. The average Bonchev–Trinajstić information content (AvgIpc) is 3.06. The number of aldehydes is 1. The summed E-state index contributed by atoms with van der Waals surface area (Å²) in [6.45, 7) is -2.95. The molecule has 3 aromatic carbocycles. The highest BCUT2D eigenvalue weighted by Gasteiger charge is 2.37. The molecule has 0 N–H and O–H groups in total. The smallest absolute Gasteiger partial charge is 0.387 e. The van der Waals surface area contributed by atoms with E-state index in [-0.39, 0.29) is 30.2 Å². The third-order valence-corrected chi connectivity index (χ3v) is 4.97. The summed E-state index contributed by atoms with van der Waals surface area (Å²) in [4.78, 5) is 25.4. The van der Waals surface area contributed by atoms with Gasteiger partial charge in [0.25, 0.3) is 5.91 Å². The van der Waals surface area contributed by atoms with Crippen LogP contribution in [0, 0.1) is 0 Å². The first kappa shape index (κ1) is 18.9. The molecule has 7 heteroatoms. The third-order valence-electron chi connectivity index (χ3n) is 4.97. The quantitative estimate of drug-likeness (QED) is 0.581. The van der Waals surface area contributed by atoms with Gasteiger partial charge in [-0.2, -0.15) is 8.78 Å². The van der Waals surface area contributed by atoms with Gasteiger partial charge in [0.2, 0.25) is 0 Å². The molecule has 3 aromatic rings. The summed E-state index contributed by atoms with van der Waals surface area (Å²) in [5, 5.41) is 0.986. The molecule has 0 unspecified atom stereocenters. The van der Waals surface area contributed by atoms with Gasteiger partial charge in [-0.15, -0.1) is 0 Å². The summed E-state index contributed by atoms with van der Waals surface area (Å²) < 4.78 is 36.7. The topological polar surface area (TPSA) is 55.8 Å². The third kappa shape index (κ3) is 3.18. The molecule has 0 aliphatic carbocycles. The maximum atomic E-state index is 13.2. The first-order chi connectivity index (χ1) is 14.0. The van der Waals surface area contributed by atoms with Gasteiger partial charge in [0.1, 0.15) is 17.8 Å². The number of alkyl halides is 2. The van der Waals surface area contributed by atoms with Crippen molar-refractivity contribution in [3.63, 3.8) is 0 Å². The van der Waals surface area contributed by atoms with Crippen LogP contribution in [0.5, 0.6) is 11.5 Å². The number of hydrogen-bond donors (Lipinski definition) is 0.